The summed E-state index contributed by atoms with van der Waals surface area (Å²) in [6.45, 7) is 2.50. The van der Waals surface area contributed by atoms with Crippen molar-refractivity contribution in [1.29, 1.82) is 0 Å². The van der Waals surface area contributed by atoms with Crippen molar-refractivity contribution in [3.8, 4) is 0 Å². The lowest BCUT2D eigenvalue weighted by Crippen LogP contribution is -2.39. The van der Waals surface area contributed by atoms with Crippen LogP contribution in [-0.4, -0.2) is 28.2 Å². The average Bonchev–Trinajstić information content (AvgIpc) is 3.26. The number of carbonyl (C=O) groups is 1. The molecule has 5 nitrogen and oxygen atoms in total. The number of carbonyl (C=O) groups excluding carboxylic acids is 1. The second-order valence-corrected chi connectivity index (χ2v) is 5.78. The fourth-order valence-electron chi connectivity index (χ4n) is 2.83. The van der Waals surface area contributed by atoms with E-state index < -0.39 is 0 Å². The zero-order valence-corrected chi connectivity index (χ0v) is 13.0. The smallest absolute Gasteiger partial charge is 0.243 e. The van der Waals surface area contributed by atoms with Gasteiger partial charge in [-0.05, 0) is 37.5 Å². The first-order valence-corrected chi connectivity index (χ1v) is 7.80. The van der Waals surface area contributed by atoms with Crippen molar-refractivity contribution in [3.05, 3.63) is 54.4 Å². The molecule has 1 saturated heterocycles. The second-order valence-electron chi connectivity index (χ2n) is 5.78. The number of aromatic nitrogens is 2. The fourth-order valence-corrected chi connectivity index (χ4v) is 2.83. The van der Waals surface area contributed by atoms with Crippen molar-refractivity contribution in [3.63, 3.8) is 0 Å². The second kappa shape index (κ2) is 6.91. The first-order chi connectivity index (χ1) is 11.1. The SMILES string of the molecule is C[C@H](C(=O)N[C@@H](c1ccc(F)cc1)[C@@H]1CCCO1)n1ccnc1. The summed E-state index contributed by atoms with van der Waals surface area (Å²) in [4.78, 5) is 16.5. The average molecular weight is 317 g/mol. The summed E-state index contributed by atoms with van der Waals surface area (Å²) in [5.41, 5.74) is 0.851. The van der Waals surface area contributed by atoms with Crippen LogP contribution in [0.15, 0.2) is 43.0 Å². The molecule has 23 heavy (non-hydrogen) atoms. The summed E-state index contributed by atoms with van der Waals surface area (Å²) in [6.07, 6.45) is 6.77. The Balaban J connectivity index is 1.78. The first kappa shape index (κ1) is 15.7. The monoisotopic (exact) mass is 317 g/mol. The van der Waals surface area contributed by atoms with E-state index in [1.54, 1.807) is 35.4 Å². The molecule has 0 unspecified atom stereocenters. The van der Waals surface area contributed by atoms with Gasteiger partial charge in [0.1, 0.15) is 11.9 Å². The third kappa shape index (κ3) is 3.59. The molecule has 1 aromatic carbocycles. The Morgan fingerprint density at radius 1 is 1.43 bits per heavy atom. The standard InChI is InChI=1S/C17H20FN3O2/c1-12(21-9-8-19-11-21)17(22)20-16(15-3-2-10-23-15)13-4-6-14(18)7-5-13/h4-9,11-12,15-16H,2-3,10H2,1H3,(H,20,22)/t12-,15+,16+/m1/s1. The van der Waals surface area contributed by atoms with Crippen molar-refractivity contribution in [2.75, 3.05) is 6.61 Å². The van der Waals surface area contributed by atoms with Crippen molar-refractivity contribution >= 4 is 5.91 Å². The molecule has 2 aromatic rings. The van der Waals surface area contributed by atoms with Crippen LogP contribution < -0.4 is 5.32 Å². The quantitative estimate of drug-likeness (QED) is 0.922. The van der Waals surface area contributed by atoms with Crippen LogP contribution in [0.4, 0.5) is 4.39 Å². The van der Waals surface area contributed by atoms with E-state index in [0.29, 0.717) is 6.61 Å². The van der Waals surface area contributed by atoms with Crippen LogP contribution in [0.5, 0.6) is 0 Å². The van der Waals surface area contributed by atoms with E-state index in [1.165, 1.54) is 12.1 Å². The minimum Gasteiger partial charge on any atom is -0.376 e. The number of nitrogens with zero attached hydrogens (tertiary/aromatic N) is 2. The van der Waals surface area contributed by atoms with Gasteiger partial charge in [-0.15, -0.1) is 0 Å². The lowest BCUT2D eigenvalue weighted by Gasteiger charge is -2.26. The van der Waals surface area contributed by atoms with Gasteiger partial charge in [-0.3, -0.25) is 4.79 Å². The number of hydrogen-bond acceptors (Lipinski definition) is 3. The highest BCUT2D eigenvalue weighted by atomic mass is 19.1. The summed E-state index contributed by atoms with van der Waals surface area (Å²) >= 11 is 0. The van der Waals surface area contributed by atoms with Crippen LogP contribution in [0.25, 0.3) is 0 Å². The van der Waals surface area contributed by atoms with Gasteiger partial charge in [0, 0.05) is 19.0 Å². The molecule has 1 N–H and O–H groups in total. The van der Waals surface area contributed by atoms with Crippen LogP contribution in [-0.2, 0) is 9.53 Å². The number of rotatable bonds is 5. The Morgan fingerprint density at radius 2 is 2.22 bits per heavy atom. The van der Waals surface area contributed by atoms with Crippen LogP contribution in [0.1, 0.15) is 37.4 Å². The topological polar surface area (TPSA) is 56.1 Å². The maximum atomic E-state index is 13.2. The van der Waals surface area contributed by atoms with E-state index in [9.17, 15) is 9.18 Å². The van der Waals surface area contributed by atoms with Crippen LogP contribution in [0.2, 0.25) is 0 Å². The minimum absolute atomic E-state index is 0.0839. The van der Waals surface area contributed by atoms with Gasteiger partial charge in [-0.1, -0.05) is 12.1 Å². The molecule has 1 aromatic heterocycles. The van der Waals surface area contributed by atoms with Crippen molar-refractivity contribution < 1.29 is 13.9 Å². The van der Waals surface area contributed by atoms with Gasteiger partial charge in [0.2, 0.25) is 5.91 Å². The van der Waals surface area contributed by atoms with Gasteiger partial charge in [0.15, 0.2) is 0 Å². The van der Waals surface area contributed by atoms with Crippen molar-refractivity contribution in [1.82, 2.24) is 14.9 Å². The third-order valence-electron chi connectivity index (χ3n) is 4.22. The summed E-state index contributed by atoms with van der Waals surface area (Å²) in [7, 11) is 0. The molecule has 0 spiro atoms. The largest absolute Gasteiger partial charge is 0.376 e. The molecule has 0 bridgehead atoms. The van der Waals surface area contributed by atoms with Crippen molar-refractivity contribution in [2.45, 2.75) is 38.0 Å². The Hall–Kier alpha value is -2.21. The van der Waals surface area contributed by atoms with Crippen molar-refractivity contribution in [2.24, 2.45) is 0 Å². The Labute approximate surface area is 134 Å². The highest BCUT2D eigenvalue weighted by Crippen LogP contribution is 2.27. The maximum Gasteiger partial charge on any atom is 0.243 e. The number of nitrogens with one attached hydrogen (secondary N) is 1. The number of halogens is 1. The van der Waals surface area contributed by atoms with E-state index >= 15 is 0 Å². The molecular formula is C17H20FN3O2. The molecule has 1 aliphatic rings. The molecule has 1 aliphatic heterocycles. The predicted octanol–water partition coefficient (Wildman–Crippen LogP) is 2.62. The Bertz CT molecular complexity index is 636. The zero-order valence-electron chi connectivity index (χ0n) is 13.0. The van der Waals surface area contributed by atoms with Gasteiger partial charge >= 0.3 is 0 Å². The minimum atomic E-state index is -0.373. The molecule has 122 valence electrons. The number of ether oxygens (including phenoxy) is 1. The number of amides is 1. The normalized spacial score (nSPS) is 20.2. The molecule has 1 fully saturated rings. The highest BCUT2D eigenvalue weighted by molar-refractivity contribution is 5.80. The molecule has 3 atom stereocenters. The third-order valence-corrected chi connectivity index (χ3v) is 4.22. The van der Waals surface area contributed by atoms with Crippen LogP contribution in [0, 0.1) is 5.82 Å². The molecule has 2 heterocycles. The Kier molecular flexibility index (Phi) is 4.71. The van der Waals surface area contributed by atoms with Gasteiger partial charge < -0.3 is 14.6 Å². The molecule has 0 radical (unpaired) electrons. The van der Waals surface area contributed by atoms with Gasteiger partial charge in [0.25, 0.3) is 0 Å². The van der Waals surface area contributed by atoms with Gasteiger partial charge in [-0.25, -0.2) is 9.37 Å². The molecule has 1 amide bonds. The van der Waals surface area contributed by atoms with E-state index in [2.05, 4.69) is 10.3 Å². The number of hydrogen-bond donors (Lipinski definition) is 1. The fraction of sp³-hybridized carbons (Fsp3) is 0.412. The highest BCUT2D eigenvalue weighted by Gasteiger charge is 2.30. The first-order valence-electron chi connectivity index (χ1n) is 7.80. The molecular weight excluding hydrogens is 297 g/mol. The van der Waals surface area contributed by atoms with Gasteiger partial charge in [0.05, 0.1) is 18.5 Å². The lowest BCUT2D eigenvalue weighted by atomic mass is 9.99. The maximum absolute atomic E-state index is 13.2. The lowest BCUT2D eigenvalue weighted by molar-refractivity contribution is -0.125. The Morgan fingerprint density at radius 3 is 2.83 bits per heavy atom. The summed E-state index contributed by atoms with van der Waals surface area (Å²) in [5.74, 6) is -0.411. The predicted molar refractivity (Wildman–Crippen MR) is 83.2 cm³/mol. The molecule has 6 heteroatoms. The number of imidazole rings is 1. The summed E-state index contributed by atoms with van der Waals surface area (Å²) < 4.78 is 20.7. The van der Waals surface area contributed by atoms with E-state index in [-0.39, 0.29) is 29.9 Å². The summed E-state index contributed by atoms with van der Waals surface area (Å²) in [6, 6.07) is 5.55. The van der Waals surface area contributed by atoms with Gasteiger partial charge in [-0.2, -0.15) is 0 Å². The van der Waals surface area contributed by atoms with Crippen LogP contribution >= 0.6 is 0 Å². The van der Waals surface area contributed by atoms with E-state index in [0.717, 1.165) is 18.4 Å². The molecule has 0 aliphatic carbocycles. The van der Waals surface area contributed by atoms with E-state index in [4.69, 9.17) is 4.74 Å². The van der Waals surface area contributed by atoms with Crippen LogP contribution in [0.3, 0.4) is 0 Å². The number of benzene rings is 1. The zero-order chi connectivity index (χ0) is 16.2. The summed E-state index contributed by atoms with van der Waals surface area (Å²) in [5, 5.41) is 3.05. The molecule has 3 rings (SSSR count). The van der Waals surface area contributed by atoms with E-state index in [1.807, 2.05) is 6.92 Å². The molecule has 0 saturated carbocycles.